The van der Waals surface area contributed by atoms with Gasteiger partial charge in [0, 0.05) is 6.08 Å². The third-order valence-corrected chi connectivity index (χ3v) is 3.99. The number of allylic oxidation sites excluding steroid dienone is 1. The van der Waals surface area contributed by atoms with E-state index in [2.05, 4.69) is 6.92 Å². The van der Waals surface area contributed by atoms with Crippen LogP contribution < -0.4 is 0 Å². The number of benzene rings is 1. The zero-order valence-corrected chi connectivity index (χ0v) is 12.3. The molecule has 2 rings (SSSR count). The van der Waals surface area contributed by atoms with Crippen LogP contribution in [0.4, 0.5) is 0 Å². The first kappa shape index (κ1) is 14.8. The Balaban J connectivity index is 1.74. The maximum absolute atomic E-state index is 11.8. The molecule has 20 heavy (non-hydrogen) atoms. The number of ether oxygens (including phenoxy) is 1. The SMILES string of the molecule is CCCCCC1CC/C1=C\C(=O)OCc1ccccc1. The van der Waals surface area contributed by atoms with E-state index in [4.69, 9.17) is 4.74 Å². The smallest absolute Gasteiger partial charge is 0.331 e. The van der Waals surface area contributed by atoms with Crippen LogP contribution in [0.5, 0.6) is 0 Å². The predicted octanol–water partition coefficient (Wildman–Crippen LogP) is 4.65. The molecule has 0 saturated heterocycles. The van der Waals surface area contributed by atoms with E-state index in [1.54, 1.807) is 6.08 Å². The van der Waals surface area contributed by atoms with Gasteiger partial charge in [0.05, 0.1) is 0 Å². The predicted molar refractivity (Wildman–Crippen MR) is 81.2 cm³/mol. The summed E-state index contributed by atoms with van der Waals surface area (Å²) in [6.45, 7) is 2.59. The summed E-state index contributed by atoms with van der Waals surface area (Å²) in [5, 5.41) is 0. The molecule has 0 spiro atoms. The summed E-state index contributed by atoms with van der Waals surface area (Å²) in [6, 6.07) is 9.81. The Bertz CT molecular complexity index is 448. The maximum atomic E-state index is 11.8. The van der Waals surface area contributed by atoms with Crippen LogP contribution >= 0.6 is 0 Å². The van der Waals surface area contributed by atoms with Crippen molar-refractivity contribution in [2.45, 2.75) is 52.1 Å². The molecule has 0 aliphatic heterocycles. The van der Waals surface area contributed by atoms with Gasteiger partial charge in [-0.25, -0.2) is 4.79 Å². The average molecular weight is 272 g/mol. The van der Waals surface area contributed by atoms with Gasteiger partial charge in [0.15, 0.2) is 0 Å². The Morgan fingerprint density at radius 3 is 2.75 bits per heavy atom. The first-order chi connectivity index (χ1) is 9.79. The van der Waals surface area contributed by atoms with E-state index in [0.717, 1.165) is 12.0 Å². The number of unbranched alkanes of at least 4 members (excludes halogenated alkanes) is 2. The highest BCUT2D eigenvalue weighted by Gasteiger charge is 2.24. The highest BCUT2D eigenvalue weighted by Crippen LogP contribution is 2.37. The van der Waals surface area contributed by atoms with E-state index >= 15 is 0 Å². The van der Waals surface area contributed by atoms with Crippen LogP contribution in [0.25, 0.3) is 0 Å². The Hall–Kier alpha value is -1.57. The summed E-state index contributed by atoms with van der Waals surface area (Å²) in [4.78, 5) is 11.8. The number of carbonyl (C=O) groups excluding carboxylic acids is 1. The van der Waals surface area contributed by atoms with Gasteiger partial charge >= 0.3 is 5.97 Å². The number of hydrogen-bond acceptors (Lipinski definition) is 2. The minimum absolute atomic E-state index is 0.191. The van der Waals surface area contributed by atoms with Gasteiger partial charge in [-0.05, 0) is 30.7 Å². The van der Waals surface area contributed by atoms with Crippen LogP contribution in [0.2, 0.25) is 0 Å². The van der Waals surface area contributed by atoms with Crippen molar-refractivity contribution in [3.8, 4) is 0 Å². The highest BCUT2D eigenvalue weighted by molar-refractivity contribution is 5.83. The van der Waals surface area contributed by atoms with Crippen molar-refractivity contribution >= 4 is 5.97 Å². The fourth-order valence-corrected chi connectivity index (χ4v) is 2.60. The zero-order chi connectivity index (χ0) is 14.2. The summed E-state index contributed by atoms with van der Waals surface area (Å²) < 4.78 is 5.29. The summed E-state index contributed by atoms with van der Waals surface area (Å²) in [6.07, 6.45) is 9.08. The molecule has 2 heteroatoms. The fraction of sp³-hybridized carbons (Fsp3) is 0.500. The van der Waals surface area contributed by atoms with Gasteiger partial charge in [0.1, 0.15) is 6.61 Å². The van der Waals surface area contributed by atoms with E-state index in [1.807, 2.05) is 30.3 Å². The summed E-state index contributed by atoms with van der Waals surface area (Å²) in [5.41, 5.74) is 2.33. The number of carbonyl (C=O) groups is 1. The van der Waals surface area contributed by atoms with Crippen LogP contribution in [-0.2, 0) is 16.1 Å². The molecule has 1 fully saturated rings. The first-order valence-corrected chi connectivity index (χ1v) is 7.70. The molecule has 1 aromatic rings. The normalized spacial score (nSPS) is 19.6. The Kier molecular flexibility index (Phi) is 5.85. The Morgan fingerprint density at radius 1 is 1.30 bits per heavy atom. The fourth-order valence-electron chi connectivity index (χ4n) is 2.60. The monoisotopic (exact) mass is 272 g/mol. The molecule has 2 nitrogen and oxygen atoms in total. The van der Waals surface area contributed by atoms with Crippen molar-refractivity contribution in [1.82, 2.24) is 0 Å². The van der Waals surface area contributed by atoms with Gasteiger partial charge in [-0.2, -0.15) is 0 Å². The summed E-state index contributed by atoms with van der Waals surface area (Å²) in [5.74, 6) is 0.440. The Labute approximate surface area is 121 Å². The van der Waals surface area contributed by atoms with E-state index in [9.17, 15) is 4.79 Å². The molecule has 0 amide bonds. The zero-order valence-electron chi connectivity index (χ0n) is 12.3. The van der Waals surface area contributed by atoms with Gasteiger partial charge in [-0.1, -0.05) is 62.1 Å². The van der Waals surface area contributed by atoms with Crippen LogP contribution in [-0.4, -0.2) is 5.97 Å². The molecular weight excluding hydrogens is 248 g/mol. The van der Waals surface area contributed by atoms with Gasteiger partial charge in [-0.3, -0.25) is 0 Å². The molecule has 108 valence electrons. The van der Waals surface area contributed by atoms with Gasteiger partial charge < -0.3 is 4.74 Å². The van der Waals surface area contributed by atoms with Crippen molar-refractivity contribution in [1.29, 1.82) is 0 Å². The van der Waals surface area contributed by atoms with Crippen molar-refractivity contribution in [3.63, 3.8) is 0 Å². The lowest BCUT2D eigenvalue weighted by Gasteiger charge is -2.29. The molecule has 0 aromatic heterocycles. The van der Waals surface area contributed by atoms with Gasteiger partial charge in [0.25, 0.3) is 0 Å². The van der Waals surface area contributed by atoms with Crippen LogP contribution in [0.1, 0.15) is 51.0 Å². The van der Waals surface area contributed by atoms with E-state index in [1.165, 1.54) is 37.7 Å². The molecule has 1 unspecified atom stereocenters. The van der Waals surface area contributed by atoms with Crippen molar-refractivity contribution in [2.75, 3.05) is 0 Å². The lowest BCUT2D eigenvalue weighted by Crippen LogP contribution is -2.17. The van der Waals surface area contributed by atoms with Crippen molar-refractivity contribution in [2.24, 2.45) is 5.92 Å². The van der Waals surface area contributed by atoms with Crippen molar-refractivity contribution in [3.05, 3.63) is 47.5 Å². The third kappa shape index (κ3) is 4.52. The van der Waals surface area contributed by atoms with Crippen molar-refractivity contribution < 1.29 is 9.53 Å². The Morgan fingerprint density at radius 2 is 2.10 bits per heavy atom. The highest BCUT2D eigenvalue weighted by atomic mass is 16.5. The quantitative estimate of drug-likeness (QED) is 0.410. The minimum atomic E-state index is -0.191. The molecule has 1 aromatic carbocycles. The molecule has 0 N–H and O–H groups in total. The molecule has 0 radical (unpaired) electrons. The van der Waals surface area contributed by atoms with Crippen LogP contribution in [0.15, 0.2) is 42.0 Å². The largest absolute Gasteiger partial charge is 0.458 e. The minimum Gasteiger partial charge on any atom is -0.458 e. The molecule has 1 saturated carbocycles. The second-order valence-corrected chi connectivity index (χ2v) is 5.54. The first-order valence-electron chi connectivity index (χ1n) is 7.70. The third-order valence-electron chi connectivity index (χ3n) is 3.99. The summed E-state index contributed by atoms with van der Waals surface area (Å²) in [7, 11) is 0. The second-order valence-electron chi connectivity index (χ2n) is 5.54. The molecule has 1 aliphatic carbocycles. The summed E-state index contributed by atoms with van der Waals surface area (Å²) >= 11 is 0. The average Bonchev–Trinajstić information content (AvgIpc) is 2.47. The van der Waals surface area contributed by atoms with Gasteiger partial charge in [-0.15, -0.1) is 0 Å². The molecule has 1 atom stereocenters. The maximum Gasteiger partial charge on any atom is 0.331 e. The topological polar surface area (TPSA) is 26.3 Å². The second kappa shape index (κ2) is 7.88. The number of hydrogen-bond donors (Lipinski definition) is 0. The van der Waals surface area contributed by atoms with Crippen LogP contribution in [0.3, 0.4) is 0 Å². The van der Waals surface area contributed by atoms with E-state index in [0.29, 0.717) is 12.5 Å². The number of esters is 1. The van der Waals surface area contributed by atoms with Gasteiger partial charge in [0.2, 0.25) is 0 Å². The van der Waals surface area contributed by atoms with Crippen LogP contribution in [0, 0.1) is 5.92 Å². The molecular formula is C18H24O2. The molecule has 0 bridgehead atoms. The lowest BCUT2D eigenvalue weighted by atomic mass is 9.76. The number of rotatable bonds is 7. The molecule has 0 heterocycles. The lowest BCUT2D eigenvalue weighted by molar-refractivity contribution is -0.139. The van der Waals surface area contributed by atoms with E-state index in [-0.39, 0.29) is 5.97 Å². The molecule has 1 aliphatic rings. The standard InChI is InChI=1S/C18H24O2/c1-2-3-5-10-16-11-12-17(16)13-18(19)20-14-15-8-6-4-7-9-15/h4,6-9,13,16H,2-3,5,10-12,14H2,1H3/b17-13+. The van der Waals surface area contributed by atoms with E-state index < -0.39 is 0 Å².